The fourth-order valence-corrected chi connectivity index (χ4v) is 2.75. The minimum atomic E-state index is -2.86. The highest BCUT2D eigenvalue weighted by Crippen LogP contribution is 2.35. The van der Waals surface area contributed by atoms with E-state index in [1.807, 2.05) is 0 Å². The highest BCUT2D eigenvalue weighted by Gasteiger charge is 2.26. The molecule has 3 rings (SSSR count). The Bertz CT molecular complexity index is 640. The molecule has 1 heterocycles. The summed E-state index contributed by atoms with van der Waals surface area (Å²) >= 11 is 5.95. The summed E-state index contributed by atoms with van der Waals surface area (Å²) in [6, 6.07) is 4.96. The van der Waals surface area contributed by atoms with E-state index in [1.54, 1.807) is 24.5 Å². The maximum Gasteiger partial charge on any atom is 0.387 e. The third kappa shape index (κ3) is 3.21. The van der Waals surface area contributed by atoms with E-state index in [0.29, 0.717) is 23.8 Å². The van der Waals surface area contributed by atoms with Crippen molar-refractivity contribution in [2.75, 3.05) is 5.32 Å². The Balaban J connectivity index is 1.80. The van der Waals surface area contributed by atoms with Crippen molar-refractivity contribution in [1.82, 2.24) is 9.97 Å². The molecule has 0 fully saturated rings. The summed E-state index contributed by atoms with van der Waals surface area (Å²) in [5.41, 5.74) is 1.67. The lowest BCUT2D eigenvalue weighted by Crippen LogP contribution is -2.21. The molecular formula is C14H12ClF2N3O. The van der Waals surface area contributed by atoms with Crippen LogP contribution in [0, 0.1) is 0 Å². The van der Waals surface area contributed by atoms with Crippen LogP contribution in [0.5, 0.6) is 5.75 Å². The molecule has 0 bridgehead atoms. The highest BCUT2D eigenvalue weighted by molar-refractivity contribution is 6.30. The van der Waals surface area contributed by atoms with Crippen molar-refractivity contribution >= 4 is 17.5 Å². The minimum absolute atomic E-state index is 0.0286. The largest absolute Gasteiger partial charge is 0.434 e. The van der Waals surface area contributed by atoms with Gasteiger partial charge in [-0.15, -0.1) is 0 Å². The molecule has 1 aliphatic rings. The molecule has 4 nitrogen and oxygen atoms in total. The third-order valence-corrected chi connectivity index (χ3v) is 3.52. The van der Waals surface area contributed by atoms with Crippen molar-refractivity contribution in [3.8, 4) is 5.75 Å². The van der Waals surface area contributed by atoms with Gasteiger partial charge >= 0.3 is 6.61 Å². The summed E-state index contributed by atoms with van der Waals surface area (Å²) in [6.45, 7) is -2.86. The zero-order valence-corrected chi connectivity index (χ0v) is 11.6. The monoisotopic (exact) mass is 311 g/mol. The second kappa shape index (κ2) is 5.81. The molecule has 110 valence electrons. The first-order valence-corrected chi connectivity index (χ1v) is 6.79. The fourth-order valence-electron chi connectivity index (χ4n) is 2.52. The van der Waals surface area contributed by atoms with Gasteiger partial charge in [-0.3, -0.25) is 0 Å². The third-order valence-electron chi connectivity index (χ3n) is 3.30. The van der Waals surface area contributed by atoms with Crippen LogP contribution in [0.1, 0.15) is 11.1 Å². The predicted molar refractivity (Wildman–Crippen MR) is 74.9 cm³/mol. The molecule has 21 heavy (non-hydrogen) atoms. The maximum atomic E-state index is 12.5. The number of hydrogen-bond donors (Lipinski definition) is 1. The van der Waals surface area contributed by atoms with Crippen molar-refractivity contribution in [2.24, 2.45) is 0 Å². The van der Waals surface area contributed by atoms with Crippen LogP contribution in [0.2, 0.25) is 5.02 Å². The maximum absolute atomic E-state index is 12.5. The van der Waals surface area contributed by atoms with E-state index in [2.05, 4.69) is 20.0 Å². The number of aromatic nitrogens is 2. The van der Waals surface area contributed by atoms with Crippen LogP contribution >= 0.6 is 11.6 Å². The molecule has 1 aliphatic carbocycles. The predicted octanol–water partition coefficient (Wildman–Crippen LogP) is 3.31. The number of nitrogens with one attached hydrogen (secondary N) is 1. The molecule has 0 saturated carbocycles. The molecule has 1 aromatic heterocycles. The number of benzene rings is 1. The van der Waals surface area contributed by atoms with E-state index < -0.39 is 6.61 Å². The van der Waals surface area contributed by atoms with Crippen LogP contribution in [0.4, 0.5) is 14.7 Å². The van der Waals surface area contributed by atoms with Gasteiger partial charge in [0.15, 0.2) is 0 Å². The van der Waals surface area contributed by atoms with Gasteiger partial charge < -0.3 is 10.1 Å². The number of rotatable bonds is 4. The average molecular weight is 312 g/mol. The van der Waals surface area contributed by atoms with Gasteiger partial charge in [0.1, 0.15) is 5.75 Å². The van der Waals surface area contributed by atoms with Gasteiger partial charge in [-0.2, -0.15) is 8.78 Å². The normalized spacial score (nSPS) is 16.9. The van der Waals surface area contributed by atoms with Gasteiger partial charge in [0.25, 0.3) is 0 Å². The second-order valence-electron chi connectivity index (χ2n) is 4.74. The van der Waals surface area contributed by atoms with Crippen molar-refractivity contribution in [1.29, 1.82) is 0 Å². The Kier molecular flexibility index (Phi) is 3.88. The topological polar surface area (TPSA) is 47.0 Å². The van der Waals surface area contributed by atoms with Crippen molar-refractivity contribution < 1.29 is 13.5 Å². The van der Waals surface area contributed by atoms with Crippen LogP contribution in [-0.4, -0.2) is 22.6 Å². The molecule has 1 atom stereocenters. The lowest BCUT2D eigenvalue weighted by atomic mass is 10.1. The fraction of sp³-hybridized carbons (Fsp3) is 0.286. The summed E-state index contributed by atoms with van der Waals surface area (Å²) in [5.74, 6) is 0.656. The molecular weight excluding hydrogens is 300 g/mol. The van der Waals surface area contributed by atoms with Crippen LogP contribution in [0.25, 0.3) is 0 Å². The first-order valence-electron chi connectivity index (χ1n) is 6.41. The Labute approximate surface area is 125 Å². The van der Waals surface area contributed by atoms with Crippen LogP contribution in [0.3, 0.4) is 0 Å². The summed E-state index contributed by atoms with van der Waals surface area (Å²) in [7, 11) is 0. The molecule has 1 aromatic carbocycles. The molecule has 0 amide bonds. The summed E-state index contributed by atoms with van der Waals surface area (Å²) in [6.07, 6.45) is 4.50. The van der Waals surface area contributed by atoms with E-state index >= 15 is 0 Å². The van der Waals surface area contributed by atoms with Gasteiger partial charge in [-0.05, 0) is 42.2 Å². The van der Waals surface area contributed by atoms with Gasteiger partial charge in [-0.1, -0.05) is 11.6 Å². The molecule has 0 saturated heterocycles. The molecule has 0 aliphatic heterocycles. The number of halogens is 3. The first-order chi connectivity index (χ1) is 10.1. The van der Waals surface area contributed by atoms with Gasteiger partial charge in [0, 0.05) is 23.5 Å². The Morgan fingerprint density at radius 2 is 2.00 bits per heavy atom. The summed E-state index contributed by atoms with van der Waals surface area (Å²) in [4.78, 5) is 8.19. The minimum Gasteiger partial charge on any atom is -0.434 e. The molecule has 1 N–H and O–H groups in total. The number of alkyl halides is 2. The number of ether oxygens (including phenoxy) is 1. The quantitative estimate of drug-likeness (QED) is 0.941. The lowest BCUT2D eigenvalue weighted by Gasteiger charge is -2.12. The smallest absolute Gasteiger partial charge is 0.387 e. The van der Waals surface area contributed by atoms with Crippen molar-refractivity contribution in [2.45, 2.75) is 25.5 Å². The highest BCUT2D eigenvalue weighted by atomic mass is 35.5. The van der Waals surface area contributed by atoms with E-state index in [4.69, 9.17) is 11.6 Å². The summed E-state index contributed by atoms with van der Waals surface area (Å²) in [5, 5.41) is 3.57. The average Bonchev–Trinajstić information content (AvgIpc) is 2.81. The number of anilines is 1. The number of fused-ring (bicyclic) bond motifs is 1. The molecule has 1 unspecified atom stereocenters. The zero-order valence-electron chi connectivity index (χ0n) is 10.9. The Morgan fingerprint density at radius 1 is 1.24 bits per heavy atom. The molecule has 0 radical (unpaired) electrons. The number of nitrogens with zero attached hydrogens (tertiary/aromatic N) is 2. The first kappa shape index (κ1) is 14.0. The second-order valence-corrected chi connectivity index (χ2v) is 5.18. The lowest BCUT2D eigenvalue weighted by molar-refractivity contribution is -0.0504. The van der Waals surface area contributed by atoms with E-state index in [9.17, 15) is 8.78 Å². The van der Waals surface area contributed by atoms with Crippen LogP contribution in [0.15, 0.2) is 30.6 Å². The molecule has 2 aromatic rings. The van der Waals surface area contributed by atoms with E-state index in [-0.39, 0.29) is 11.8 Å². The van der Waals surface area contributed by atoms with Crippen molar-refractivity contribution in [3.63, 3.8) is 0 Å². The van der Waals surface area contributed by atoms with Gasteiger partial charge in [-0.25, -0.2) is 9.97 Å². The summed E-state index contributed by atoms with van der Waals surface area (Å²) < 4.78 is 29.5. The Hall–Kier alpha value is -1.95. The Morgan fingerprint density at radius 3 is 2.71 bits per heavy atom. The standard InChI is InChI=1S/C14H12ClF2N3O/c15-9-4-8-5-10(20-14-18-2-1-3-19-14)7-11(8)12(6-9)21-13(16)17/h1-4,6,10,13H,5,7H2,(H,18,19,20). The van der Waals surface area contributed by atoms with E-state index in [1.165, 1.54) is 6.07 Å². The zero-order chi connectivity index (χ0) is 14.8. The molecule has 0 spiro atoms. The van der Waals surface area contributed by atoms with Crippen LogP contribution in [-0.2, 0) is 12.8 Å². The van der Waals surface area contributed by atoms with Gasteiger partial charge in [0.2, 0.25) is 5.95 Å². The van der Waals surface area contributed by atoms with Gasteiger partial charge in [0.05, 0.1) is 0 Å². The SMILES string of the molecule is FC(F)Oc1cc(Cl)cc2c1CC(Nc1ncccn1)C2. The molecule has 7 heteroatoms. The number of hydrogen-bond acceptors (Lipinski definition) is 4. The van der Waals surface area contributed by atoms with E-state index in [0.717, 1.165) is 11.1 Å². The van der Waals surface area contributed by atoms with Crippen LogP contribution < -0.4 is 10.1 Å². The van der Waals surface area contributed by atoms with Crippen molar-refractivity contribution in [3.05, 3.63) is 46.7 Å².